The Morgan fingerprint density at radius 2 is 0.619 bits per heavy atom. The molecule has 0 aliphatic carbocycles. The lowest BCUT2D eigenvalue weighted by molar-refractivity contribution is 0.591. The van der Waals surface area contributed by atoms with Crippen LogP contribution >= 0.6 is 0 Å². The molecule has 0 heterocycles. The van der Waals surface area contributed by atoms with Crippen LogP contribution in [-0.4, -0.2) is 0 Å². The molecule has 0 fully saturated rings. The summed E-state index contributed by atoms with van der Waals surface area (Å²) in [6, 6.07) is 31.3. The minimum absolute atomic E-state index is 0.0517. The van der Waals surface area contributed by atoms with Crippen molar-refractivity contribution >= 4 is 75.4 Å². The molecule has 0 saturated heterocycles. The van der Waals surface area contributed by atoms with E-state index >= 15 is 0 Å². The largest absolute Gasteiger partial charge is 0.0610 e. The zero-order valence-corrected chi connectivity index (χ0v) is 26.5. The molecule has 0 nitrogen and oxygen atoms in total. The van der Waals surface area contributed by atoms with Gasteiger partial charge in [0.15, 0.2) is 0 Å². The van der Waals surface area contributed by atoms with Crippen molar-refractivity contribution in [2.75, 3.05) is 0 Å². The van der Waals surface area contributed by atoms with Gasteiger partial charge in [-0.25, -0.2) is 0 Å². The first-order valence-corrected chi connectivity index (χ1v) is 15.5. The highest BCUT2D eigenvalue weighted by molar-refractivity contribution is 6.41. The predicted octanol–water partition coefficient (Wildman–Crippen LogP) is 12.5. The van der Waals surface area contributed by atoms with Gasteiger partial charge in [0, 0.05) is 0 Å². The van der Waals surface area contributed by atoms with Crippen LogP contribution in [0.3, 0.4) is 0 Å². The topological polar surface area (TPSA) is 0 Å². The normalized spacial score (nSPS) is 13.8. The molecule has 0 unspecified atom stereocenters. The van der Waals surface area contributed by atoms with Crippen LogP contribution in [0.5, 0.6) is 0 Å². The van der Waals surface area contributed by atoms with E-state index in [-0.39, 0.29) is 16.2 Å². The van der Waals surface area contributed by atoms with Crippen LogP contribution in [-0.2, 0) is 16.2 Å². The van der Waals surface area contributed by atoms with Gasteiger partial charge in [-0.05, 0) is 145 Å². The molecule has 0 aromatic heterocycles. The van der Waals surface area contributed by atoms with E-state index in [1.807, 2.05) is 0 Å². The summed E-state index contributed by atoms with van der Waals surface area (Å²) in [6.07, 6.45) is 0. The summed E-state index contributed by atoms with van der Waals surface area (Å²) in [5.41, 5.74) is 4.44. The van der Waals surface area contributed by atoms with Gasteiger partial charge in [-0.1, -0.05) is 105 Å². The molecule has 42 heavy (non-hydrogen) atoms. The SMILES string of the molecule is CC(C)(C)c1ccc2c(c1)c1cc3c(cc4c5cc(C(C)(C)C)ccc5c5cc(C(C)(C)C)cc3c54)c3cccc2c31. The summed E-state index contributed by atoms with van der Waals surface area (Å²) in [7, 11) is 0. The number of hydrogen-bond donors (Lipinski definition) is 0. The number of rotatable bonds is 0. The summed E-state index contributed by atoms with van der Waals surface area (Å²) in [6.45, 7) is 20.9. The van der Waals surface area contributed by atoms with Crippen LogP contribution in [0.4, 0.5) is 0 Å². The Hall–Kier alpha value is -3.90. The van der Waals surface area contributed by atoms with Gasteiger partial charge >= 0.3 is 0 Å². The van der Waals surface area contributed by atoms with Gasteiger partial charge in [-0.3, -0.25) is 0 Å². The Morgan fingerprint density at radius 3 is 1.12 bits per heavy atom. The molecule has 0 radical (unpaired) electrons. The van der Waals surface area contributed by atoms with E-state index in [1.54, 1.807) is 0 Å². The molecule has 0 N–H and O–H groups in total. The first-order chi connectivity index (χ1) is 19.7. The van der Waals surface area contributed by atoms with Crippen molar-refractivity contribution in [3.05, 3.63) is 95.6 Å². The molecule has 208 valence electrons. The fraction of sp³-hybridized carbons (Fsp3) is 0.286. The second kappa shape index (κ2) is 7.93. The van der Waals surface area contributed by atoms with Gasteiger partial charge in [0.05, 0.1) is 0 Å². The summed E-state index contributed by atoms with van der Waals surface area (Å²) < 4.78 is 0. The summed E-state index contributed by atoms with van der Waals surface area (Å²) in [4.78, 5) is 0. The smallest absolute Gasteiger partial charge is 0.00197 e. The first kappa shape index (κ1) is 25.8. The van der Waals surface area contributed by atoms with E-state index in [0.717, 1.165) is 0 Å². The van der Waals surface area contributed by atoms with Crippen molar-refractivity contribution in [2.24, 2.45) is 0 Å². The molecule has 0 amide bonds. The van der Waals surface area contributed by atoms with Crippen molar-refractivity contribution in [1.82, 2.24) is 0 Å². The summed E-state index contributed by atoms with van der Waals surface area (Å²) in [5, 5.41) is 19.4. The number of fused-ring (bicyclic) bond motifs is 9. The molecule has 8 aromatic rings. The Kier molecular flexibility index (Phi) is 4.87. The summed E-state index contributed by atoms with van der Waals surface area (Å²) in [5.74, 6) is 0. The van der Waals surface area contributed by atoms with Gasteiger partial charge in [0.2, 0.25) is 0 Å². The Morgan fingerprint density at radius 1 is 0.286 bits per heavy atom. The highest BCUT2D eigenvalue weighted by atomic mass is 14.3. The fourth-order valence-corrected chi connectivity index (χ4v) is 7.48. The van der Waals surface area contributed by atoms with E-state index in [4.69, 9.17) is 0 Å². The zero-order chi connectivity index (χ0) is 29.5. The lowest BCUT2D eigenvalue weighted by Crippen LogP contribution is -2.10. The monoisotopic (exact) mass is 544 g/mol. The average molecular weight is 545 g/mol. The molecule has 0 aliphatic heterocycles. The molecule has 8 aromatic carbocycles. The van der Waals surface area contributed by atoms with Crippen LogP contribution in [0.1, 0.15) is 79.0 Å². The number of hydrogen-bond acceptors (Lipinski definition) is 0. The van der Waals surface area contributed by atoms with E-state index in [1.165, 1.54) is 92.1 Å². The first-order valence-electron chi connectivity index (χ1n) is 15.5. The van der Waals surface area contributed by atoms with E-state index in [0.29, 0.717) is 0 Å². The van der Waals surface area contributed by atoms with E-state index in [2.05, 4.69) is 141 Å². The summed E-state index contributed by atoms with van der Waals surface area (Å²) >= 11 is 0. The van der Waals surface area contributed by atoms with Gasteiger partial charge in [-0.2, -0.15) is 0 Å². The predicted molar refractivity (Wildman–Crippen MR) is 187 cm³/mol. The van der Waals surface area contributed by atoms with Gasteiger partial charge in [-0.15, -0.1) is 0 Å². The van der Waals surface area contributed by atoms with Gasteiger partial charge < -0.3 is 0 Å². The molecule has 0 heteroatoms. The Labute approximate surface area is 249 Å². The van der Waals surface area contributed by atoms with E-state index in [9.17, 15) is 0 Å². The average Bonchev–Trinajstić information content (AvgIpc) is 3.41. The van der Waals surface area contributed by atoms with Crippen molar-refractivity contribution < 1.29 is 0 Å². The standard InChI is InChI=1S/C42H40/c1-40(2,3)23-13-15-26-28-11-10-12-29-32-21-37-31-18-24(41(4,5)6)14-16-27(31)34-19-25(42(7,8)9)20-35(39(34)37)33(32)22-36(38(28)29)30(26)17-23/h10-22H,1-9H3. The highest BCUT2D eigenvalue weighted by Gasteiger charge is 2.24. The minimum Gasteiger partial charge on any atom is -0.0610 e. The second-order valence-corrected chi connectivity index (χ2v) is 15.9. The maximum atomic E-state index is 2.53. The lowest BCUT2D eigenvalue weighted by Gasteiger charge is -2.21. The maximum absolute atomic E-state index is 2.53. The van der Waals surface area contributed by atoms with Crippen molar-refractivity contribution in [3.8, 4) is 0 Å². The van der Waals surface area contributed by atoms with Gasteiger partial charge in [0.25, 0.3) is 0 Å². The lowest BCUT2D eigenvalue weighted by atomic mass is 9.83. The molecule has 0 saturated carbocycles. The van der Waals surface area contributed by atoms with Crippen LogP contribution in [0.25, 0.3) is 75.4 Å². The highest BCUT2D eigenvalue weighted by Crippen LogP contribution is 2.49. The van der Waals surface area contributed by atoms with E-state index < -0.39 is 0 Å². The molecule has 8 rings (SSSR count). The minimum atomic E-state index is 0.0517. The molecule has 0 aliphatic rings. The zero-order valence-electron chi connectivity index (χ0n) is 26.5. The van der Waals surface area contributed by atoms with Crippen LogP contribution in [0, 0.1) is 0 Å². The second-order valence-electron chi connectivity index (χ2n) is 15.9. The third kappa shape index (κ3) is 3.42. The molecule has 0 atom stereocenters. The fourth-order valence-electron chi connectivity index (χ4n) is 7.48. The van der Waals surface area contributed by atoms with Crippen molar-refractivity contribution in [3.63, 3.8) is 0 Å². The molecule has 0 bridgehead atoms. The van der Waals surface area contributed by atoms with Gasteiger partial charge in [0.1, 0.15) is 0 Å². The molecular formula is C42H40. The van der Waals surface area contributed by atoms with Crippen LogP contribution < -0.4 is 0 Å². The van der Waals surface area contributed by atoms with Crippen LogP contribution in [0.15, 0.2) is 78.9 Å². The van der Waals surface area contributed by atoms with Crippen LogP contribution in [0.2, 0.25) is 0 Å². The third-order valence-electron chi connectivity index (χ3n) is 9.99. The molecular weight excluding hydrogens is 504 g/mol. The van der Waals surface area contributed by atoms with Crippen molar-refractivity contribution in [1.29, 1.82) is 0 Å². The number of benzene rings is 6. The van der Waals surface area contributed by atoms with Crippen molar-refractivity contribution in [2.45, 2.75) is 78.6 Å². The quantitative estimate of drug-likeness (QED) is 0.167. The third-order valence-corrected chi connectivity index (χ3v) is 9.99. The molecule has 0 spiro atoms. The maximum Gasteiger partial charge on any atom is -0.00197 e. The Balaban J connectivity index is 1.63. The Bertz CT molecular complexity index is 2380.